The molecular formula is C14H25N4O2+. The lowest BCUT2D eigenvalue weighted by Gasteiger charge is -2.31. The SMILES string of the molecule is Cc1nn(C)c(C)c1NC(=O)C[NH+]1C[C@@H](C)O[C@H](C)C1. The second kappa shape index (κ2) is 5.93. The maximum Gasteiger partial charge on any atom is 0.279 e. The average molecular weight is 281 g/mol. The Kier molecular flexibility index (Phi) is 4.45. The molecule has 6 heteroatoms. The number of aromatic nitrogens is 2. The van der Waals surface area contributed by atoms with E-state index >= 15 is 0 Å². The van der Waals surface area contributed by atoms with Crippen molar-refractivity contribution in [2.45, 2.75) is 39.9 Å². The van der Waals surface area contributed by atoms with E-state index in [1.807, 2.05) is 20.9 Å². The summed E-state index contributed by atoms with van der Waals surface area (Å²) in [7, 11) is 1.88. The lowest BCUT2D eigenvalue weighted by molar-refractivity contribution is -0.907. The first-order valence-corrected chi connectivity index (χ1v) is 7.16. The van der Waals surface area contributed by atoms with Crippen LogP contribution < -0.4 is 10.2 Å². The van der Waals surface area contributed by atoms with Crippen LogP contribution in [0.25, 0.3) is 0 Å². The number of amides is 1. The van der Waals surface area contributed by atoms with Crippen molar-refractivity contribution in [1.82, 2.24) is 9.78 Å². The Morgan fingerprint density at radius 3 is 2.50 bits per heavy atom. The predicted octanol–water partition coefficient (Wildman–Crippen LogP) is -0.332. The lowest BCUT2D eigenvalue weighted by Crippen LogP contribution is -3.16. The molecule has 2 N–H and O–H groups in total. The summed E-state index contributed by atoms with van der Waals surface area (Å²) >= 11 is 0. The monoisotopic (exact) mass is 281 g/mol. The Bertz CT molecular complexity index is 488. The van der Waals surface area contributed by atoms with Gasteiger partial charge < -0.3 is 15.0 Å². The van der Waals surface area contributed by atoms with E-state index in [1.54, 1.807) is 4.68 Å². The van der Waals surface area contributed by atoms with Gasteiger partial charge in [0.15, 0.2) is 6.54 Å². The molecule has 112 valence electrons. The van der Waals surface area contributed by atoms with Crippen LogP contribution in [0.1, 0.15) is 25.2 Å². The van der Waals surface area contributed by atoms with Crippen LogP contribution in [0.5, 0.6) is 0 Å². The molecule has 1 aromatic rings. The number of nitrogens with zero attached hydrogens (tertiary/aromatic N) is 2. The van der Waals surface area contributed by atoms with Gasteiger partial charge in [0.1, 0.15) is 25.3 Å². The van der Waals surface area contributed by atoms with Gasteiger partial charge in [0.2, 0.25) is 0 Å². The number of aryl methyl sites for hydroxylation is 2. The largest absolute Gasteiger partial charge is 0.364 e. The van der Waals surface area contributed by atoms with Gasteiger partial charge in [-0.1, -0.05) is 0 Å². The summed E-state index contributed by atoms with van der Waals surface area (Å²) < 4.78 is 7.48. The van der Waals surface area contributed by atoms with Crippen molar-refractivity contribution in [3.8, 4) is 0 Å². The Morgan fingerprint density at radius 2 is 2.00 bits per heavy atom. The van der Waals surface area contributed by atoms with Crippen LogP contribution in [-0.2, 0) is 16.6 Å². The van der Waals surface area contributed by atoms with Gasteiger partial charge in [-0.05, 0) is 27.7 Å². The maximum absolute atomic E-state index is 12.2. The van der Waals surface area contributed by atoms with Crippen molar-refractivity contribution >= 4 is 11.6 Å². The number of anilines is 1. The lowest BCUT2D eigenvalue weighted by atomic mass is 10.2. The number of quaternary nitrogens is 1. The molecule has 2 atom stereocenters. The molecule has 0 bridgehead atoms. The minimum Gasteiger partial charge on any atom is -0.364 e. The third-order valence-electron chi connectivity index (χ3n) is 3.80. The number of nitrogens with one attached hydrogen (secondary N) is 2. The van der Waals surface area contributed by atoms with E-state index in [0.29, 0.717) is 6.54 Å². The summed E-state index contributed by atoms with van der Waals surface area (Å²) in [5.74, 6) is 0.0421. The van der Waals surface area contributed by atoms with Crippen LogP contribution in [-0.4, -0.2) is 47.5 Å². The van der Waals surface area contributed by atoms with Crippen LogP contribution in [0.2, 0.25) is 0 Å². The Labute approximate surface area is 120 Å². The summed E-state index contributed by atoms with van der Waals surface area (Å²) in [6, 6.07) is 0. The fraction of sp³-hybridized carbons (Fsp3) is 0.714. The summed E-state index contributed by atoms with van der Waals surface area (Å²) in [6.07, 6.45) is 0.423. The van der Waals surface area contributed by atoms with Gasteiger partial charge in [0.05, 0.1) is 17.1 Å². The van der Waals surface area contributed by atoms with Crippen LogP contribution in [0.3, 0.4) is 0 Å². The number of ether oxygens (including phenoxy) is 1. The van der Waals surface area contributed by atoms with Gasteiger partial charge in [0.25, 0.3) is 5.91 Å². The van der Waals surface area contributed by atoms with E-state index in [2.05, 4.69) is 24.3 Å². The molecule has 1 fully saturated rings. The third kappa shape index (κ3) is 3.37. The second-order valence-corrected chi connectivity index (χ2v) is 5.81. The minimum atomic E-state index is 0.0421. The zero-order chi connectivity index (χ0) is 14.9. The summed E-state index contributed by atoms with van der Waals surface area (Å²) in [5.41, 5.74) is 2.68. The highest BCUT2D eigenvalue weighted by atomic mass is 16.5. The molecule has 1 amide bonds. The van der Waals surface area contributed by atoms with E-state index in [1.165, 1.54) is 4.90 Å². The first kappa shape index (κ1) is 15.0. The standard InChI is InChI=1S/C14H24N4O2/c1-9-6-18(7-10(2)20-9)8-13(19)15-14-11(3)16-17(5)12(14)4/h9-10H,6-8H2,1-5H3,(H,15,19)/p+1/t9-,10-/m1/s1. The van der Waals surface area contributed by atoms with Crippen molar-refractivity contribution in [3.05, 3.63) is 11.4 Å². The smallest absolute Gasteiger partial charge is 0.279 e. The molecule has 2 heterocycles. The predicted molar refractivity (Wildman–Crippen MR) is 76.9 cm³/mol. The molecule has 1 aliphatic rings. The summed E-state index contributed by atoms with van der Waals surface area (Å²) in [4.78, 5) is 13.5. The average Bonchev–Trinajstić information content (AvgIpc) is 2.54. The Hall–Kier alpha value is -1.40. The molecule has 6 nitrogen and oxygen atoms in total. The number of carbonyl (C=O) groups excluding carboxylic acids is 1. The Morgan fingerprint density at radius 1 is 1.40 bits per heavy atom. The van der Waals surface area contributed by atoms with Crippen LogP contribution in [0.15, 0.2) is 0 Å². The molecule has 1 saturated heterocycles. The molecule has 0 saturated carbocycles. The number of carbonyl (C=O) groups is 1. The first-order valence-electron chi connectivity index (χ1n) is 7.16. The molecule has 20 heavy (non-hydrogen) atoms. The zero-order valence-electron chi connectivity index (χ0n) is 13.0. The van der Waals surface area contributed by atoms with Gasteiger partial charge in [-0.15, -0.1) is 0 Å². The van der Waals surface area contributed by atoms with Crippen molar-refractivity contribution in [2.24, 2.45) is 7.05 Å². The number of morpholine rings is 1. The highest BCUT2D eigenvalue weighted by molar-refractivity contribution is 5.92. The molecule has 1 aliphatic heterocycles. The van der Waals surface area contributed by atoms with Crippen LogP contribution in [0.4, 0.5) is 5.69 Å². The fourth-order valence-corrected chi connectivity index (χ4v) is 2.90. The molecule has 0 radical (unpaired) electrons. The highest BCUT2D eigenvalue weighted by Gasteiger charge is 2.27. The van der Waals surface area contributed by atoms with Gasteiger partial charge in [0, 0.05) is 7.05 Å². The highest BCUT2D eigenvalue weighted by Crippen LogP contribution is 2.17. The Balaban J connectivity index is 1.95. The first-order chi connectivity index (χ1) is 9.36. The van der Waals surface area contributed by atoms with Crippen LogP contribution >= 0.6 is 0 Å². The van der Waals surface area contributed by atoms with Crippen LogP contribution in [0, 0.1) is 13.8 Å². The third-order valence-corrected chi connectivity index (χ3v) is 3.80. The number of rotatable bonds is 3. The summed E-state index contributed by atoms with van der Waals surface area (Å²) in [6.45, 7) is 10.2. The van der Waals surface area contributed by atoms with Crippen molar-refractivity contribution in [2.75, 3.05) is 25.0 Å². The molecule has 0 aliphatic carbocycles. The quantitative estimate of drug-likeness (QED) is 0.797. The minimum absolute atomic E-state index is 0.0421. The topological polar surface area (TPSA) is 60.6 Å². The molecule has 0 aromatic carbocycles. The van der Waals surface area contributed by atoms with Crippen molar-refractivity contribution < 1.29 is 14.4 Å². The van der Waals surface area contributed by atoms with E-state index in [-0.39, 0.29) is 18.1 Å². The van der Waals surface area contributed by atoms with Crippen molar-refractivity contribution in [1.29, 1.82) is 0 Å². The molecule has 2 rings (SSSR count). The van der Waals surface area contributed by atoms with E-state index in [0.717, 1.165) is 30.2 Å². The van der Waals surface area contributed by atoms with Gasteiger partial charge in [-0.3, -0.25) is 9.48 Å². The van der Waals surface area contributed by atoms with E-state index in [9.17, 15) is 4.79 Å². The van der Waals surface area contributed by atoms with E-state index in [4.69, 9.17) is 4.74 Å². The number of hydrogen-bond donors (Lipinski definition) is 2. The zero-order valence-corrected chi connectivity index (χ0v) is 13.0. The summed E-state index contributed by atoms with van der Waals surface area (Å²) in [5, 5.41) is 7.30. The second-order valence-electron chi connectivity index (χ2n) is 5.81. The van der Waals surface area contributed by atoms with Gasteiger partial charge >= 0.3 is 0 Å². The molecule has 1 aromatic heterocycles. The van der Waals surface area contributed by atoms with Gasteiger partial charge in [-0.2, -0.15) is 5.10 Å². The van der Waals surface area contributed by atoms with Crippen molar-refractivity contribution in [3.63, 3.8) is 0 Å². The number of hydrogen-bond acceptors (Lipinski definition) is 3. The normalized spacial score (nSPS) is 26.6. The maximum atomic E-state index is 12.2. The molecule has 0 spiro atoms. The molecular weight excluding hydrogens is 256 g/mol. The molecule has 0 unspecified atom stereocenters. The van der Waals surface area contributed by atoms with Gasteiger partial charge in [-0.25, -0.2) is 0 Å². The fourth-order valence-electron chi connectivity index (χ4n) is 2.90. The van der Waals surface area contributed by atoms with E-state index < -0.39 is 0 Å².